The van der Waals surface area contributed by atoms with Gasteiger partial charge in [-0.3, -0.25) is 0 Å². The zero-order chi connectivity index (χ0) is 11.5. The van der Waals surface area contributed by atoms with E-state index in [0.717, 1.165) is 37.6 Å². The Labute approximate surface area is 99.4 Å². The second-order valence-electron chi connectivity index (χ2n) is 6.37. The molecule has 2 heteroatoms. The van der Waals surface area contributed by atoms with Gasteiger partial charge in [0, 0.05) is 17.8 Å². The van der Waals surface area contributed by atoms with E-state index in [1.165, 1.54) is 25.9 Å². The molecule has 1 saturated carbocycles. The van der Waals surface area contributed by atoms with E-state index in [1.54, 1.807) is 4.90 Å². The van der Waals surface area contributed by atoms with E-state index in [1.807, 2.05) is 0 Å². The van der Waals surface area contributed by atoms with Gasteiger partial charge in [0.15, 0.2) is 0 Å². The number of likely N-dealkylation sites (tertiary alicyclic amines) is 1. The van der Waals surface area contributed by atoms with Crippen LogP contribution >= 0.6 is 0 Å². The average Bonchev–Trinajstić information content (AvgIpc) is 2.20. The molecule has 4 atom stereocenters. The lowest BCUT2D eigenvalue weighted by Gasteiger charge is -2.36. The van der Waals surface area contributed by atoms with Gasteiger partial charge in [0.1, 0.15) is 6.17 Å². The topological polar surface area (TPSA) is 4.44 Å². The normalized spacial score (nSPS) is 45.6. The highest BCUT2D eigenvalue weighted by Crippen LogP contribution is 2.26. The van der Waals surface area contributed by atoms with Gasteiger partial charge in [0.2, 0.25) is 0 Å². The van der Waals surface area contributed by atoms with Crippen molar-refractivity contribution in [2.45, 2.75) is 52.1 Å². The third-order valence-corrected chi connectivity index (χ3v) is 4.45. The summed E-state index contributed by atoms with van der Waals surface area (Å²) in [6.07, 6.45) is 5.18. The van der Waals surface area contributed by atoms with Crippen molar-refractivity contribution in [2.75, 3.05) is 19.6 Å². The number of piperidine rings is 1. The van der Waals surface area contributed by atoms with Gasteiger partial charge in [-0.05, 0) is 19.3 Å². The molecule has 0 amide bonds. The molecule has 0 aromatic rings. The van der Waals surface area contributed by atoms with E-state index in [4.69, 9.17) is 0 Å². The van der Waals surface area contributed by atoms with E-state index < -0.39 is 6.17 Å². The second kappa shape index (κ2) is 5.48. The molecule has 0 aromatic heterocycles. The monoisotopic (exact) mass is 228 g/mol. The Morgan fingerprint density at radius 2 is 1.69 bits per heavy atom. The van der Waals surface area contributed by atoms with Crippen LogP contribution in [-0.4, -0.2) is 25.8 Å². The Bertz CT molecular complexity index is 209. The maximum Gasteiger partial charge on any atom is 0.108 e. The third-order valence-electron chi connectivity index (χ3n) is 4.45. The van der Waals surface area contributed by atoms with E-state index in [-0.39, 0.29) is 0 Å². The molecule has 2 fully saturated rings. The Hall–Kier alpha value is -0.110. The van der Waals surface area contributed by atoms with E-state index >= 15 is 0 Å². The van der Waals surface area contributed by atoms with Gasteiger partial charge in [-0.25, -0.2) is 4.39 Å². The molecule has 1 nitrogen and oxygen atoms in total. The molecule has 1 saturated heterocycles. The first-order valence-corrected chi connectivity index (χ1v) is 7.12. The summed E-state index contributed by atoms with van der Waals surface area (Å²) in [7, 11) is 0. The number of quaternary nitrogens is 1. The zero-order valence-corrected chi connectivity index (χ0v) is 10.8. The van der Waals surface area contributed by atoms with Crippen LogP contribution in [0, 0.1) is 17.8 Å². The summed E-state index contributed by atoms with van der Waals surface area (Å²) in [5.74, 6) is 2.03. The molecule has 2 aliphatic rings. The molecule has 0 bridgehead atoms. The van der Waals surface area contributed by atoms with Gasteiger partial charge in [-0.15, -0.1) is 0 Å². The standard InChI is InChI=1S/C14H26FN/c1-11-7-12(2)9-16(8-11)10-13-5-3-4-6-14(13)15/h11-14H,3-10H2,1-2H3/p+1. The molecule has 1 heterocycles. The number of hydrogen-bond acceptors (Lipinski definition) is 0. The van der Waals surface area contributed by atoms with Crippen LogP contribution in [0.1, 0.15) is 46.0 Å². The molecule has 2 rings (SSSR count). The summed E-state index contributed by atoms with van der Waals surface area (Å²) in [4.78, 5) is 1.67. The second-order valence-corrected chi connectivity index (χ2v) is 6.37. The van der Waals surface area contributed by atoms with Crippen LogP contribution in [0.5, 0.6) is 0 Å². The van der Waals surface area contributed by atoms with Crippen LogP contribution < -0.4 is 4.90 Å². The Morgan fingerprint density at radius 3 is 2.31 bits per heavy atom. The van der Waals surface area contributed by atoms with Gasteiger partial charge in [0.25, 0.3) is 0 Å². The molecule has 1 aliphatic carbocycles. The van der Waals surface area contributed by atoms with Crippen molar-refractivity contribution in [2.24, 2.45) is 17.8 Å². The van der Waals surface area contributed by atoms with Gasteiger partial charge < -0.3 is 4.90 Å². The van der Waals surface area contributed by atoms with E-state index in [0.29, 0.717) is 5.92 Å². The quantitative estimate of drug-likeness (QED) is 0.738. The highest BCUT2D eigenvalue weighted by molar-refractivity contribution is 4.74. The lowest BCUT2D eigenvalue weighted by Crippen LogP contribution is -3.15. The maximum absolute atomic E-state index is 13.8. The number of hydrogen-bond donors (Lipinski definition) is 1. The summed E-state index contributed by atoms with van der Waals surface area (Å²) < 4.78 is 13.8. The molecule has 1 N–H and O–H groups in total. The number of nitrogens with one attached hydrogen (secondary N) is 1. The van der Waals surface area contributed by atoms with Crippen LogP contribution in [0.15, 0.2) is 0 Å². The molecule has 16 heavy (non-hydrogen) atoms. The highest BCUT2D eigenvalue weighted by Gasteiger charge is 2.32. The minimum absolute atomic E-state index is 0.362. The molecular weight excluding hydrogens is 201 g/mol. The molecule has 4 unspecified atom stereocenters. The predicted octanol–water partition coefficient (Wildman–Crippen LogP) is 2.08. The van der Waals surface area contributed by atoms with Crippen LogP contribution in [-0.2, 0) is 0 Å². The lowest BCUT2D eigenvalue weighted by atomic mass is 9.85. The van der Waals surface area contributed by atoms with E-state index in [2.05, 4.69) is 13.8 Å². The molecule has 94 valence electrons. The minimum Gasteiger partial charge on any atom is -0.334 e. The van der Waals surface area contributed by atoms with Gasteiger partial charge in [-0.1, -0.05) is 26.7 Å². The van der Waals surface area contributed by atoms with Gasteiger partial charge in [0.05, 0.1) is 19.6 Å². The summed E-state index contributed by atoms with van der Waals surface area (Å²) in [5, 5.41) is 0. The number of halogens is 1. The Kier molecular flexibility index (Phi) is 4.23. The van der Waals surface area contributed by atoms with Crippen molar-refractivity contribution >= 4 is 0 Å². The van der Waals surface area contributed by atoms with Crippen molar-refractivity contribution in [3.8, 4) is 0 Å². The van der Waals surface area contributed by atoms with Crippen molar-refractivity contribution in [3.05, 3.63) is 0 Å². The summed E-state index contributed by atoms with van der Waals surface area (Å²) >= 11 is 0. The predicted molar refractivity (Wildman–Crippen MR) is 65.4 cm³/mol. The third kappa shape index (κ3) is 3.19. The Morgan fingerprint density at radius 1 is 1.06 bits per heavy atom. The van der Waals surface area contributed by atoms with Crippen LogP contribution in [0.2, 0.25) is 0 Å². The van der Waals surface area contributed by atoms with Crippen LogP contribution in [0.25, 0.3) is 0 Å². The van der Waals surface area contributed by atoms with Crippen molar-refractivity contribution < 1.29 is 9.29 Å². The maximum atomic E-state index is 13.8. The Balaban J connectivity index is 1.83. The minimum atomic E-state index is -0.506. The summed E-state index contributed by atoms with van der Waals surface area (Å²) in [6, 6.07) is 0. The fraction of sp³-hybridized carbons (Fsp3) is 1.00. The molecule has 0 spiro atoms. The fourth-order valence-corrected chi connectivity index (χ4v) is 3.85. The zero-order valence-electron chi connectivity index (χ0n) is 10.8. The van der Waals surface area contributed by atoms with Crippen LogP contribution in [0.4, 0.5) is 4.39 Å². The SMILES string of the molecule is CC1CC(C)C[NH+](CC2CCCCC2F)C1. The summed E-state index contributed by atoms with van der Waals surface area (Å²) in [6.45, 7) is 8.34. The largest absolute Gasteiger partial charge is 0.334 e. The highest BCUT2D eigenvalue weighted by atomic mass is 19.1. The molecule has 0 radical (unpaired) electrons. The molecular formula is C14H27FN+. The number of alkyl halides is 1. The van der Waals surface area contributed by atoms with Crippen molar-refractivity contribution in [1.29, 1.82) is 0 Å². The average molecular weight is 228 g/mol. The smallest absolute Gasteiger partial charge is 0.108 e. The van der Waals surface area contributed by atoms with Crippen molar-refractivity contribution in [3.63, 3.8) is 0 Å². The van der Waals surface area contributed by atoms with Gasteiger partial charge >= 0.3 is 0 Å². The first-order valence-electron chi connectivity index (χ1n) is 7.12. The molecule has 1 aliphatic heterocycles. The fourth-order valence-electron chi connectivity index (χ4n) is 3.85. The number of rotatable bonds is 2. The van der Waals surface area contributed by atoms with Crippen LogP contribution in [0.3, 0.4) is 0 Å². The first-order chi connectivity index (χ1) is 7.65. The summed E-state index contributed by atoms with van der Waals surface area (Å²) in [5.41, 5.74) is 0. The first kappa shape index (κ1) is 12.3. The van der Waals surface area contributed by atoms with E-state index in [9.17, 15) is 4.39 Å². The molecule has 0 aromatic carbocycles. The lowest BCUT2D eigenvalue weighted by molar-refractivity contribution is -0.916. The van der Waals surface area contributed by atoms with Crippen molar-refractivity contribution in [1.82, 2.24) is 0 Å². The van der Waals surface area contributed by atoms with Gasteiger partial charge in [-0.2, -0.15) is 0 Å².